The van der Waals surface area contributed by atoms with E-state index < -0.39 is 4.92 Å². The lowest BCUT2D eigenvalue weighted by Crippen LogP contribution is -2.10. The van der Waals surface area contributed by atoms with Crippen LogP contribution in [-0.4, -0.2) is 26.4 Å². The largest absolute Gasteiger partial charge is 0.508 e. The molecule has 0 saturated heterocycles. The molecule has 7 heteroatoms. The number of aromatic nitrogens is 2. The molecule has 0 fully saturated rings. The number of anilines is 1. The summed E-state index contributed by atoms with van der Waals surface area (Å²) < 4.78 is 1.51. The van der Waals surface area contributed by atoms with Crippen molar-refractivity contribution in [3.05, 3.63) is 45.6 Å². The number of nitrogens with one attached hydrogen (secondary N) is 1. The minimum atomic E-state index is -0.394. The Morgan fingerprint density at radius 1 is 1.38 bits per heavy atom. The maximum absolute atomic E-state index is 11.2. The molecule has 112 valence electrons. The Hall–Kier alpha value is -2.57. The van der Waals surface area contributed by atoms with Gasteiger partial charge in [-0.3, -0.25) is 10.1 Å². The van der Waals surface area contributed by atoms with Crippen molar-refractivity contribution in [2.45, 2.75) is 19.8 Å². The quantitative estimate of drug-likeness (QED) is 0.628. The van der Waals surface area contributed by atoms with Crippen molar-refractivity contribution < 1.29 is 10.0 Å². The van der Waals surface area contributed by atoms with Gasteiger partial charge in [0.15, 0.2) is 0 Å². The molecule has 0 radical (unpaired) electrons. The molecule has 0 aliphatic carbocycles. The van der Waals surface area contributed by atoms with E-state index in [0.29, 0.717) is 30.9 Å². The fourth-order valence-electron chi connectivity index (χ4n) is 2.18. The summed E-state index contributed by atoms with van der Waals surface area (Å²) in [7, 11) is 1.69. The SMILES string of the molecule is CCc1nn(C)c(NCCc2ccc(O)cc2)c1[N+](=O)[O-]. The van der Waals surface area contributed by atoms with Gasteiger partial charge in [-0.25, -0.2) is 4.68 Å². The number of phenols is 1. The van der Waals surface area contributed by atoms with Crippen LogP contribution in [0.2, 0.25) is 0 Å². The molecule has 0 aliphatic rings. The van der Waals surface area contributed by atoms with Crippen LogP contribution in [0.4, 0.5) is 11.5 Å². The number of rotatable bonds is 6. The van der Waals surface area contributed by atoms with E-state index in [2.05, 4.69) is 10.4 Å². The second-order valence-corrected chi connectivity index (χ2v) is 4.72. The van der Waals surface area contributed by atoms with E-state index in [0.717, 1.165) is 5.56 Å². The lowest BCUT2D eigenvalue weighted by Gasteiger charge is -2.06. The van der Waals surface area contributed by atoms with Crippen LogP contribution in [0.25, 0.3) is 0 Å². The number of hydrogen-bond acceptors (Lipinski definition) is 5. The Labute approximate surface area is 122 Å². The smallest absolute Gasteiger partial charge is 0.333 e. The fourth-order valence-corrected chi connectivity index (χ4v) is 2.18. The average Bonchev–Trinajstić information content (AvgIpc) is 2.77. The molecule has 0 bridgehead atoms. The van der Waals surface area contributed by atoms with Crippen LogP contribution in [0, 0.1) is 10.1 Å². The fraction of sp³-hybridized carbons (Fsp3) is 0.357. The van der Waals surface area contributed by atoms with Gasteiger partial charge in [0, 0.05) is 13.6 Å². The number of nitro groups is 1. The molecule has 1 aromatic carbocycles. The van der Waals surface area contributed by atoms with Gasteiger partial charge in [-0.1, -0.05) is 19.1 Å². The monoisotopic (exact) mass is 290 g/mol. The minimum absolute atomic E-state index is 0.0470. The maximum atomic E-state index is 11.2. The highest BCUT2D eigenvalue weighted by atomic mass is 16.6. The van der Waals surface area contributed by atoms with Crippen LogP contribution in [0.5, 0.6) is 5.75 Å². The molecule has 0 unspecified atom stereocenters. The Bertz CT molecular complexity index is 634. The summed E-state index contributed by atoms with van der Waals surface area (Å²) >= 11 is 0. The van der Waals surface area contributed by atoms with Crippen LogP contribution < -0.4 is 5.32 Å². The normalized spacial score (nSPS) is 10.6. The average molecular weight is 290 g/mol. The summed E-state index contributed by atoms with van der Waals surface area (Å²) in [6.07, 6.45) is 1.22. The Kier molecular flexibility index (Phi) is 4.42. The van der Waals surface area contributed by atoms with E-state index in [4.69, 9.17) is 0 Å². The lowest BCUT2D eigenvalue weighted by atomic mass is 10.1. The highest BCUT2D eigenvalue weighted by molar-refractivity contribution is 5.59. The third kappa shape index (κ3) is 3.31. The maximum Gasteiger partial charge on any atom is 0.333 e. The molecule has 0 spiro atoms. The molecular formula is C14H18N4O3. The van der Waals surface area contributed by atoms with Crippen LogP contribution in [-0.2, 0) is 19.9 Å². The van der Waals surface area contributed by atoms with Crippen LogP contribution in [0.15, 0.2) is 24.3 Å². The molecule has 2 N–H and O–H groups in total. The van der Waals surface area contributed by atoms with Gasteiger partial charge in [-0.15, -0.1) is 0 Å². The highest BCUT2D eigenvalue weighted by Gasteiger charge is 2.25. The molecule has 7 nitrogen and oxygen atoms in total. The van der Waals surface area contributed by atoms with Gasteiger partial charge in [0.1, 0.15) is 11.4 Å². The molecular weight excluding hydrogens is 272 g/mol. The number of phenolic OH excluding ortho intramolecular Hbond substituents is 1. The topological polar surface area (TPSA) is 93.2 Å². The van der Waals surface area contributed by atoms with Crippen LogP contribution in [0.1, 0.15) is 18.2 Å². The van der Waals surface area contributed by atoms with E-state index in [1.807, 2.05) is 19.1 Å². The molecule has 21 heavy (non-hydrogen) atoms. The first kappa shape index (κ1) is 14.8. The van der Waals surface area contributed by atoms with Crippen molar-refractivity contribution in [3.8, 4) is 5.75 Å². The zero-order valence-electron chi connectivity index (χ0n) is 12.0. The number of hydrogen-bond donors (Lipinski definition) is 2. The molecule has 0 atom stereocenters. The van der Waals surface area contributed by atoms with Crippen molar-refractivity contribution in [1.82, 2.24) is 9.78 Å². The molecule has 2 aromatic rings. The summed E-state index contributed by atoms with van der Waals surface area (Å²) in [5, 5.41) is 27.6. The summed E-state index contributed by atoms with van der Waals surface area (Å²) in [5.74, 6) is 0.650. The van der Waals surface area contributed by atoms with Gasteiger partial charge >= 0.3 is 5.69 Å². The summed E-state index contributed by atoms with van der Waals surface area (Å²) in [6.45, 7) is 2.39. The van der Waals surface area contributed by atoms with Gasteiger partial charge < -0.3 is 10.4 Å². The molecule has 2 rings (SSSR count). The lowest BCUT2D eigenvalue weighted by molar-refractivity contribution is -0.384. The van der Waals surface area contributed by atoms with E-state index in [-0.39, 0.29) is 11.4 Å². The Morgan fingerprint density at radius 3 is 2.62 bits per heavy atom. The Morgan fingerprint density at radius 2 is 2.05 bits per heavy atom. The van der Waals surface area contributed by atoms with Crippen LogP contribution in [0.3, 0.4) is 0 Å². The first-order valence-corrected chi connectivity index (χ1v) is 6.75. The van der Waals surface area contributed by atoms with Crippen molar-refractivity contribution in [2.75, 3.05) is 11.9 Å². The number of aryl methyl sites for hydroxylation is 2. The van der Waals surface area contributed by atoms with Crippen molar-refractivity contribution in [1.29, 1.82) is 0 Å². The van der Waals surface area contributed by atoms with Gasteiger partial charge in [0.2, 0.25) is 5.82 Å². The predicted molar refractivity (Wildman–Crippen MR) is 79.5 cm³/mol. The summed E-state index contributed by atoms with van der Waals surface area (Å²) in [5.41, 5.74) is 1.57. The molecule has 1 heterocycles. The molecule has 0 amide bonds. The van der Waals surface area contributed by atoms with Gasteiger partial charge in [0.05, 0.1) is 4.92 Å². The second kappa shape index (κ2) is 6.25. The first-order valence-electron chi connectivity index (χ1n) is 6.75. The third-order valence-corrected chi connectivity index (χ3v) is 3.25. The van der Waals surface area contributed by atoms with Crippen molar-refractivity contribution in [3.63, 3.8) is 0 Å². The number of aromatic hydroxyl groups is 1. The zero-order valence-corrected chi connectivity index (χ0v) is 12.0. The minimum Gasteiger partial charge on any atom is -0.508 e. The van der Waals surface area contributed by atoms with E-state index >= 15 is 0 Å². The van der Waals surface area contributed by atoms with Gasteiger partial charge in [0.25, 0.3) is 0 Å². The van der Waals surface area contributed by atoms with E-state index in [9.17, 15) is 15.2 Å². The van der Waals surface area contributed by atoms with Crippen LogP contribution >= 0.6 is 0 Å². The van der Waals surface area contributed by atoms with Crippen molar-refractivity contribution in [2.24, 2.45) is 7.05 Å². The Balaban J connectivity index is 2.07. The van der Waals surface area contributed by atoms with E-state index in [1.54, 1.807) is 19.2 Å². The zero-order chi connectivity index (χ0) is 15.4. The molecule has 1 aromatic heterocycles. The standard InChI is InChI=1S/C14H18N4O3/c1-3-12-13(18(20)21)14(17(2)16-12)15-9-8-10-4-6-11(19)7-5-10/h4-7,15,19H,3,8-9H2,1-2H3. The van der Waals surface area contributed by atoms with Crippen molar-refractivity contribution >= 4 is 11.5 Å². The highest BCUT2D eigenvalue weighted by Crippen LogP contribution is 2.28. The molecule has 0 saturated carbocycles. The third-order valence-electron chi connectivity index (χ3n) is 3.25. The summed E-state index contributed by atoms with van der Waals surface area (Å²) in [6, 6.07) is 6.90. The predicted octanol–water partition coefficient (Wildman–Crippen LogP) is 2.25. The molecule has 0 aliphatic heterocycles. The number of nitrogens with zero attached hydrogens (tertiary/aromatic N) is 3. The summed E-state index contributed by atoms with van der Waals surface area (Å²) in [4.78, 5) is 10.8. The first-order chi connectivity index (χ1) is 10.0. The van der Waals surface area contributed by atoms with E-state index in [1.165, 1.54) is 4.68 Å². The van der Waals surface area contributed by atoms with Gasteiger partial charge in [-0.05, 0) is 30.5 Å². The number of benzene rings is 1. The second-order valence-electron chi connectivity index (χ2n) is 4.72. The van der Waals surface area contributed by atoms with Gasteiger partial charge in [-0.2, -0.15) is 5.10 Å².